The van der Waals surface area contributed by atoms with Crippen molar-refractivity contribution in [2.45, 2.75) is 5.33 Å². The number of non-ortho nitro benzene ring substituents is 1. The SMILES string of the molecule is N#Cc1ccccc1Oc1ccc([N+](=O)[O-])cc1CBr. The zero-order valence-corrected chi connectivity index (χ0v) is 11.8. The lowest BCUT2D eigenvalue weighted by Crippen LogP contribution is -1.94. The van der Waals surface area contributed by atoms with Gasteiger partial charge in [0.25, 0.3) is 5.69 Å². The van der Waals surface area contributed by atoms with Crippen LogP contribution in [0.3, 0.4) is 0 Å². The van der Waals surface area contributed by atoms with E-state index in [-0.39, 0.29) is 5.69 Å². The van der Waals surface area contributed by atoms with Crippen molar-refractivity contribution in [3.63, 3.8) is 0 Å². The molecule has 0 aromatic heterocycles. The highest BCUT2D eigenvalue weighted by Gasteiger charge is 2.12. The Morgan fingerprint density at radius 2 is 2.00 bits per heavy atom. The maximum Gasteiger partial charge on any atom is 0.270 e. The van der Waals surface area contributed by atoms with Gasteiger partial charge in [-0.1, -0.05) is 28.1 Å². The van der Waals surface area contributed by atoms with E-state index in [2.05, 4.69) is 15.9 Å². The summed E-state index contributed by atoms with van der Waals surface area (Å²) in [6, 6.07) is 13.2. The summed E-state index contributed by atoms with van der Waals surface area (Å²) < 4.78 is 5.68. The zero-order valence-electron chi connectivity index (χ0n) is 10.2. The van der Waals surface area contributed by atoms with Crippen LogP contribution in [0.25, 0.3) is 0 Å². The summed E-state index contributed by atoms with van der Waals surface area (Å²) in [6.45, 7) is 0. The van der Waals surface area contributed by atoms with Gasteiger partial charge in [-0.05, 0) is 18.2 Å². The minimum Gasteiger partial charge on any atom is -0.456 e. The van der Waals surface area contributed by atoms with Gasteiger partial charge >= 0.3 is 0 Å². The summed E-state index contributed by atoms with van der Waals surface area (Å²) in [5, 5.41) is 20.2. The Kier molecular flexibility index (Phi) is 4.33. The molecule has 100 valence electrons. The highest BCUT2D eigenvalue weighted by atomic mass is 79.9. The van der Waals surface area contributed by atoms with Crippen LogP contribution in [0.1, 0.15) is 11.1 Å². The summed E-state index contributed by atoms with van der Waals surface area (Å²) in [5.41, 5.74) is 1.05. The van der Waals surface area contributed by atoms with Crippen LogP contribution in [0, 0.1) is 21.4 Å². The van der Waals surface area contributed by atoms with Crippen LogP contribution in [-0.2, 0) is 5.33 Å². The van der Waals surface area contributed by atoms with Crippen molar-refractivity contribution in [3.8, 4) is 17.6 Å². The number of rotatable bonds is 4. The summed E-state index contributed by atoms with van der Waals surface area (Å²) >= 11 is 3.27. The molecule has 0 amide bonds. The van der Waals surface area contributed by atoms with E-state index in [4.69, 9.17) is 10.00 Å². The smallest absolute Gasteiger partial charge is 0.270 e. The number of nitro benzene ring substituents is 1. The fourth-order valence-corrected chi connectivity index (χ4v) is 2.09. The summed E-state index contributed by atoms with van der Waals surface area (Å²) in [5.74, 6) is 0.904. The number of para-hydroxylation sites is 1. The first-order valence-corrected chi connectivity index (χ1v) is 6.78. The van der Waals surface area contributed by atoms with Crippen LogP contribution in [0.5, 0.6) is 11.5 Å². The van der Waals surface area contributed by atoms with Crippen molar-refractivity contribution >= 4 is 21.6 Å². The Balaban J connectivity index is 2.39. The first kappa shape index (κ1) is 14.0. The third kappa shape index (κ3) is 2.95. The fraction of sp³-hybridized carbons (Fsp3) is 0.0714. The van der Waals surface area contributed by atoms with Gasteiger partial charge < -0.3 is 4.74 Å². The zero-order chi connectivity index (χ0) is 14.5. The van der Waals surface area contributed by atoms with Crippen LogP contribution in [0.4, 0.5) is 5.69 Å². The van der Waals surface area contributed by atoms with Gasteiger partial charge in [-0.25, -0.2) is 0 Å². The lowest BCUT2D eigenvalue weighted by Gasteiger charge is -2.10. The number of hydrogen-bond donors (Lipinski definition) is 0. The first-order valence-electron chi connectivity index (χ1n) is 5.66. The monoisotopic (exact) mass is 332 g/mol. The van der Waals surface area contributed by atoms with Gasteiger partial charge in [0.15, 0.2) is 0 Å². The number of halogens is 1. The molecule has 0 fully saturated rings. The molecule has 6 heteroatoms. The second-order valence-electron chi connectivity index (χ2n) is 3.89. The molecular formula is C14H9BrN2O3. The van der Waals surface area contributed by atoms with Crippen molar-refractivity contribution in [3.05, 3.63) is 63.7 Å². The fourth-order valence-electron chi connectivity index (χ4n) is 1.65. The Morgan fingerprint density at radius 3 is 2.65 bits per heavy atom. The van der Waals surface area contributed by atoms with E-state index < -0.39 is 4.92 Å². The third-order valence-corrected chi connectivity index (χ3v) is 3.23. The minimum absolute atomic E-state index is 0.000341. The highest BCUT2D eigenvalue weighted by Crippen LogP contribution is 2.31. The van der Waals surface area contributed by atoms with E-state index in [9.17, 15) is 10.1 Å². The topological polar surface area (TPSA) is 76.2 Å². The molecule has 0 bridgehead atoms. The van der Waals surface area contributed by atoms with Crippen LogP contribution in [-0.4, -0.2) is 4.92 Å². The minimum atomic E-state index is -0.459. The second kappa shape index (κ2) is 6.17. The van der Waals surface area contributed by atoms with Crippen LogP contribution in [0.15, 0.2) is 42.5 Å². The standard InChI is InChI=1S/C14H9BrN2O3/c15-8-11-7-12(17(18)19)5-6-14(11)20-13-4-2-1-3-10(13)9-16/h1-7H,8H2. The summed E-state index contributed by atoms with van der Waals surface area (Å²) in [4.78, 5) is 10.3. The van der Waals surface area contributed by atoms with Gasteiger partial charge in [0.1, 0.15) is 17.6 Å². The van der Waals surface area contributed by atoms with Crippen LogP contribution < -0.4 is 4.74 Å². The van der Waals surface area contributed by atoms with E-state index in [1.807, 2.05) is 6.07 Å². The van der Waals surface area contributed by atoms with E-state index >= 15 is 0 Å². The van der Waals surface area contributed by atoms with Crippen LogP contribution in [0.2, 0.25) is 0 Å². The molecule has 2 aromatic rings. The molecule has 0 aliphatic rings. The second-order valence-corrected chi connectivity index (χ2v) is 4.45. The van der Waals surface area contributed by atoms with E-state index in [1.54, 1.807) is 24.3 Å². The van der Waals surface area contributed by atoms with Gasteiger partial charge in [-0.15, -0.1) is 0 Å². The predicted molar refractivity (Wildman–Crippen MR) is 77.0 cm³/mol. The number of nitro groups is 1. The molecule has 0 unspecified atom stereocenters. The molecule has 0 spiro atoms. The molecule has 0 aliphatic heterocycles. The van der Waals surface area contributed by atoms with Gasteiger partial charge in [0.05, 0.1) is 10.5 Å². The molecule has 2 aromatic carbocycles. The Bertz CT molecular complexity index is 695. The van der Waals surface area contributed by atoms with Gasteiger partial charge in [0.2, 0.25) is 0 Å². The van der Waals surface area contributed by atoms with Crippen molar-refractivity contribution < 1.29 is 9.66 Å². The predicted octanol–water partition coefficient (Wildman–Crippen LogP) is 4.15. The molecule has 0 aliphatic carbocycles. The highest BCUT2D eigenvalue weighted by molar-refractivity contribution is 9.08. The van der Waals surface area contributed by atoms with Crippen LogP contribution >= 0.6 is 15.9 Å². The number of benzene rings is 2. The molecule has 20 heavy (non-hydrogen) atoms. The third-order valence-electron chi connectivity index (χ3n) is 2.63. The Morgan fingerprint density at radius 1 is 1.25 bits per heavy atom. The van der Waals surface area contributed by atoms with Crippen molar-refractivity contribution in [1.82, 2.24) is 0 Å². The molecule has 0 radical (unpaired) electrons. The maximum atomic E-state index is 10.7. The quantitative estimate of drug-likeness (QED) is 0.478. The molecule has 0 saturated heterocycles. The molecule has 5 nitrogen and oxygen atoms in total. The molecule has 0 atom stereocenters. The van der Waals surface area contributed by atoms with Gasteiger partial charge in [-0.2, -0.15) is 5.26 Å². The van der Waals surface area contributed by atoms with E-state index in [0.717, 1.165) is 0 Å². The Hall–Kier alpha value is -2.39. The molecular weight excluding hydrogens is 324 g/mol. The molecule has 0 heterocycles. The summed E-state index contributed by atoms with van der Waals surface area (Å²) in [6.07, 6.45) is 0. The number of alkyl halides is 1. The first-order chi connectivity index (χ1) is 9.65. The normalized spacial score (nSPS) is 9.80. The number of nitrogens with zero attached hydrogens (tertiary/aromatic N) is 2. The lowest BCUT2D eigenvalue weighted by molar-refractivity contribution is -0.384. The Labute approximate surface area is 123 Å². The average Bonchev–Trinajstić information content (AvgIpc) is 2.48. The maximum absolute atomic E-state index is 10.7. The van der Waals surface area contributed by atoms with Gasteiger partial charge in [-0.3, -0.25) is 10.1 Å². The van der Waals surface area contributed by atoms with E-state index in [1.165, 1.54) is 18.2 Å². The molecule has 0 saturated carbocycles. The molecule has 2 rings (SSSR count). The lowest BCUT2D eigenvalue weighted by atomic mass is 10.2. The number of hydrogen-bond acceptors (Lipinski definition) is 4. The van der Waals surface area contributed by atoms with E-state index in [0.29, 0.717) is 28.0 Å². The number of nitriles is 1. The van der Waals surface area contributed by atoms with Crippen molar-refractivity contribution in [2.75, 3.05) is 0 Å². The number of ether oxygens (including phenoxy) is 1. The molecule has 0 N–H and O–H groups in total. The van der Waals surface area contributed by atoms with Crippen molar-refractivity contribution in [1.29, 1.82) is 5.26 Å². The largest absolute Gasteiger partial charge is 0.456 e. The van der Waals surface area contributed by atoms with Crippen molar-refractivity contribution in [2.24, 2.45) is 0 Å². The van der Waals surface area contributed by atoms with Gasteiger partial charge in [0, 0.05) is 23.0 Å². The summed E-state index contributed by atoms with van der Waals surface area (Å²) in [7, 11) is 0. The average molecular weight is 333 g/mol.